The number of thiazole rings is 1. The summed E-state index contributed by atoms with van der Waals surface area (Å²) < 4.78 is 0. The van der Waals surface area contributed by atoms with Gasteiger partial charge in [-0.2, -0.15) is 11.8 Å². The van der Waals surface area contributed by atoms with E-state index in [0.29, 0.717) is 0 Å². The minimum Gasteiger partial charge on any atom is -0.294 e. The zero-order valence-corrected chi connectivity index (χ0v) is 12.2. The van der Waals surface area contributed by atoms with Crippen molar-refractivity contribution in [3.63, 3.8) is 0 Å². The van der Waals surface area contributed by atoms with Gasteiger partial charge in [0, 0.05) is 18.1 Å². The minimum atomic E-state index is -0.0490. The number of thioether (sulfide) groups is 1. The van der Waals surface area contributed by atoms with E-state index >= 15 is 0 Å². The molecule has 90 valence electrons. The molecule has 0 aliphatic heterocycles. The van der Waals surface area contributed by atoms with Gasteiger partial charge in [0.2, 0.25) is 0 Å². The molecule has 1 rings (SSSR count). The van der Waals surface area contributed by atoms with E-state index in [9.17, 15) is 4.79 Å². The first-order valence-corrected chi connectivity index (χ1v) is 7.42. The summed E-state index contributed by atoms with van der Waals surface area (Å²) >= 11 is 3.40. The molecule has 4 heteroatoms. The first-order chi connectivity index (χ1) is 7.36. The second-order valence-electron chi connectivity index (χ2n) is 4.73. The van der Waals surface area contributed by atoms with Crippen LogP contribution in [0, 0.1) is 0 Å². The number of nitrogens with zero attached hydrogens (tertiary/aromatic N) is 1. The van der Waals surface area contributed by atoms with Crippen molar-refractivity contribution in [1.82, 2.24) is 4.98 Å². The molecule has 16 heavy (non-hydrogen) atoms. The van der Waals surface area contributed by atoms with Gasteiger partial charge in [0.15, 0.2) is 5.78 Å². The van der Waals surface area contributed by atoms with Gasteiger partial charge in [-0.3, -0.25) is 4.79 Å². The van der Waals surface area contributed by atoms with Gasteiger partial charge in [-0.15, -0.1) is 11.3 Å². The standard InChI is InChI=1S/C12H19NOS2/c1-6-15-7-9-13-11(12(3,4)5)10(16-9)8(2)14/h6-7H2,1-5H3. The molecule has 0 amide bonds. The lowest BCUT2D eigenvalue weighted by atomic mass is 9.91. The van der Waals surface area contributed by atoms with Gasteiger partial charge in [-0.25, -0.2) is 4.98 Å². The van der Waals surface area contributed by atoms with Gasteiger partial charge in [0.1, 0.15) is 5.01 Å². The minimum absolute atomic E-state index is 0.0490. The van der Waals surface area contributed by atoms with E-state index < -0.39 is 0 Å². The first-order valence-electron chi connectivity index (χ1n) is 5.45. The van der Waals surface area contributed by atoms with Crippen molar-refractivity contribution in [2.45, 2.75) is 45.8 Å². The highest BCUT2D eigenvalue weighted by Gasteiger charge is 2.25. The van der Waals surface area contributed by atoms with Gasteiger partial charge in [-0.1, -0.05) is 27.7 Å². The number of aromatic nitrogens is 1. The Morgan fingerprint density at radius 2 is 2.06 bits per heavy atom. The number of Topliss-reactive ketones (excluding diaryl/α,β-unsaturated/α-hetero) is 1. The maximum absolute atomic E-state index is 11.6. The molecule has 0 aliphatic carbocycles. The number of hydrogen-bond donors (Lipinski definition) is 0. The van der Waals surface area contributed by atoms with E-state index in [4.69, 9.17) is 0 Å². The highest BCUT2D eigenvalue weighted by molar-refractivity contribution is 7.98. The van der Waals surface area contributed by atoms with Crippen molar-refractivity contribution in [2.75, 3.05) is 5.75 Å². The molecule has 1 heterocycles. The molecule has 0 fully saturated rings. The predicted molar refractivity (Wildman–Crippen MR) is 72.7 cm³/mol. The monoisotopic (exact) mass is 257 g/mol. The Balaban J connectivity index is 3.06. The summed E-state index contributed by atoms with van der Waals surface area (Å²) in [5.41, 5.74) is 0.906. The SMILES string of the molecule is CCSCc1nc(C(C)(C)C)c(C(C)=O)s1. The van der Waals surface area contributed by atoms with Crippen molar-refractivity contribution in [3.05, 3.63) is 15.6 Å². The van der Waals surface area contributed by atoms with Gasteiger partial charge >= 0.3 is 0 Å². The number of hydrogen-bond acceptors (Lipinski definition) is 4. The van der Waals surface area contributed by atoms with Crippen LogP contribution < -0.4 is 0 Å². The summed E-state index contributed by atoms with van der Waals surface area (Å²) in [5, 5.41) is 1.07. The molecule has 0 spiro atoms. The van der Waals surface area contributed by atoms with Crippen LogP contribution in [-0.4, -0.2) is 16.5 Å². The lowest BCUT2D eigenvalue weighted by Crippen LogP contribution is -2.15. The summed E-state index contributed by atoms with van der Waals surface area (Å²) in [5.74, 6) is 2.13. The van der Waals surface area contributed by atoms with E-state index in [0.717, 1.165) is 27.1 Å². The number of ketones is 1. The van der Waals surface area contributed by atoms with Gasteiger partial charge in [0.25, 0.3) is 0 Å². The topological polar surface area (TPSA) is 30.0 Å². The molecule has 2 nitrogen and oxygen atoms in total. The van der Waals surface area contributed by atoms with Gasteiger partial charge in [0.05, 0.1) is 10.6 Å². The van der Waals surface area contributed by atoms with Crippen molar-refractivity contribution in [3.8, 4) is 0 Å². The lowest BCUT2D eigenvalue weighted by Gasteiger charge is -2.16. The van der Waals surface area contributed by atoms with Crippen LogP contribution in [-0.2, 0) is 11.2 Å². The molecule has 0 saturated heterocycles. The third-order valence-corrected chi connectivity index (χ3v) is 4.36. The fraction of sp³-hybridized carbons (Fsp3) is 0.667. The molecular weight excluding hydrogens is 238 g/mol. The third kappa shape index (κ3) is 3.32. The molecule has 0 aliphatic rings. The van der Waals surface area contributed by atoms with E-state index in [1.54, 1.807) is 18.3 Å². The quantitative estimate of drug-likeness (QED) is 0.766. The van der Waals surface area contributed by atoms with Crippen molar-refractivity contribution < 1.29 is 4.79 Å². The Bertz CT molecular complexity index is 377. The van der Waals surface area contributed by atoms with Crippen molar-refractivity contribution in [1.29, 1.82) is 0 Å². The maximum Gasteiger partial charge on any atom is 0.171 e. The normalized spacial score (nSPS) is 11.8. The zero-order chi connectivity index (χ0) is 12.3. The Kier molecular flexibility index (Phi) is 4.56. The first kappa shape index (κ1) is 13.7. The summed E-state index contributed by atoms with van der Waals surface area (Å²) in [7, 11) is 0. The van der Waals surface area contributed by atoms with Crippen LogP contribution in [0.4, 0.5) is 0 Å². The van der Waals surface area contributed by atoms with Crippen LogP contribution >= 0.6 is 23.1 Å². The fourth-order valence-corrected chi connectivity index (χ4v) is 3.26. The number of rotatable bonds is 4. The summed E-state index contributed by atoms with van der Waals surface area (Å²) in [6, 6.07) is 0. The third-order valence-electron chi connectivity index (χ3n) is 2.13. The Morgan fingerprint density at radius 3 is 2.44 bits per heavy atom. The molecule has 0 N–H and O–H groups in total. The van der Waals surface area contributed by atoms with Crippen LogP contribution in [0.5, 0.6) is 0 Å². The molecular formula is C12H19NOS2. The summed E-state index contributed by atoms with van der Waals surface area (Å²) in [6.45, 7) is 10.1. The summed E-state index contributed by atoms with van der Waals surface area (Å²) in [4.78, 5) is 17.0. The van der Waals surface area contributed by atoms with Crippen LogP contribution in [0.15, 0.2) is 0 Å². The molecule has 0 bridgehead atoms. The van der Waals surface area contributed by atoms with Gasteiger partial charge < -0.3 is 0 Å². The van der Waals surface area contributed by atoms with E-state index in [-0.39, 0.29) is 11.2 Å². The maximum atomic E-state index is 11.6. The molecule has 0 aromatic carbocycles. The summed E-state index contributed by atoms with van der Waals surface area (Å²) in [6.07, 6.45) is 0. The molecule has 0 radical (unpaired) electrons. The molecule has 0 saturated carbocycles. The molecule has 0 atom stereocenters. The zero-order valence-electron chi connectivity index (χ0n) is 10.6. The second kappa shape index (κ2) is 5.32. The van der Waals surface area contributed by atoms with E-state index in [2.05, 4.69) is 32.7 Å². The predicted octanol–water partition coefficient (Wildman–Crippen LogP) is 3.90. The average molecular weight is 257 g/mol. The fourth-order valence-electron chi connectivity index (χ4n) is 1.36. The lowest BCUT2D eigenvalue weighted by molar-refractivity contribution is 0.101. The Morgan fingerprint density at radius 1 is 1.44 bits per heavy atom. The number of carbonyl (C=O) groups excluding carboxylic acids is 1. The van der Waals surface area contributed by atoms with Crippen LogP contribution in [0.1, 0.15) is 55.0 Å². The van der Waals surface area contributed by atoms with E-state index in [1.165, 1.54) is 0 Å². The van der Waals surface area contributed by atoms with Crippen LogP contribution in [0.25, 0.3) is 0 Å². The molecule has 1 aromatic heterocycles. The Hall–Kier alpha value is -0.350. The average Bonchev–Trinajstić information content (AvgIpc) is 2.58. The highest BCUT2D eigenvalue weighted by Crippen LogP contribution is 2.31. The Labute approximate surface area is 106 Å². The van der Waals surface area contributed by atoms with E-state index in [1.807, 2.05) is 11.8 Å². The van der Waals surface area contributed by atoms with Crippen LogP contribution in [0.2, 0.25) is 0 Å². The number of carbonyl (C=O) groups is 1. The second-order valence-corrected chi connectivity index (χ2v) is 7.09. The van der Waals surface area contributed by atoms with Crippen LogP contribution in [0.3, 0.4) is 0 Å². The van der Waals surface area contributed by atoms with Crippen molar-refractivity contribution in [2.24, 2.45) is 0 Å². The smallest absolute Gasteiger partial charge is 0.171 e. The molecule has 0 unspecified atom stereocenters. The highest BCUT2D eigenvalue weighted by atomic mass is 32.2. The van der Waals surface area contributed by atoms with Crippen molar-refractivity contribution >= 4 is 28.9 Å². The molecule has 1 aromatic rings. The largest absolute Gasteiger partial charge is 0.294 e. The van der Waals surface area contributed by atoms with Gasteiger partial charge in [-0.05, 0) is 5.75 Å².